The van der Waals surface area contributed by atoms with Gasteiger partial charge in [0.2, 0.25) is 5.91 Å². The number of nitrogens with zero attached hydrogens (tertiary/aromatic N) is 3. The van der Waals surface area contributed by atoms with Gasteiger partial charge in [-0.05, 0) is 44.4 Å². The number of likely N-dealkylation sites (tertiary alicyclic amines) is 1. The molecule has 8 nitrogen and oxygen atoms in total. The second-order valence-corrected chi connectivity index (χ2v) is 7.53. The van der Waals surface area contributed by atoms with E-state index in [0.717, 1.165) is 18.5 Å². The van der Waals surface area contributed by atoms with Crippen LogP contribution in [0.4, 0.5) is 4.79 Å². The van der Waals surface area contributed by atoms with Gasteiger partial charge < -0.3 is 24.8 Å². The molecule has 3 rings (SSSR count). The first-order valence-electron chi connectivity index (χ1n) is 10.2. The van der Waals surface area contributed by atoms with E-state index in [1.54, 1.807) is 33.9 Å². The Balaban J connectivity index is 1.54. The van der Waals surface area contributed by atoms with E-state index < -0.39 is 6.04 Å². The molecule has 0 saturated carbocycles. The van der Waals surface area contributed by atoms with Crippen LogP contribution >= 0.6 is 0 Å². The third-order valence-electron chi connectivity index (χ3n) is 5.72. The molecule has 2 aliphatic rings. The molecule has 0 spiro atoms. The fourth-order valence-corrected chi connectivity index (χ4v) is 3.88. The second kappa shape index (κ2) is 9.15. The van der Waals surface area contributed by atoms with Crippen molar-refractivity contribution in [2.45, 2.75) is 32.7 Å². The fraction of sp³-hybridized carbons (Fsp3) is 0.571. The number of ether oxygens (including phenoxy) is 1. The van der Waals surface area contributed by atoms with Crippen molar-refractivity contribution in [1.82, 2.24) is 20.0 Å². The lowest BCUT2D eigenvalue weighted by Gasteiger charge is -2.37. The van der Waals surface area contributed by atoms with Crippen LogP contribution in [0.3, 0.4) is 0 Å². The number of methoxy groups -OCH3 is 1. The van der Waals surface area contributed by atoms with Crippen molar-refractivity contribution < 1.29 is 19.1 Å². The third-order valence-corrected chi connectivity index (χ3v) is 5.72. The Morgan fingerprint density at radius 3 is 2.48 bits per heavy atom. The van der Waals surface area contributed by atoms with Gasteiger partial charge in [0.15, 0.2) is 0 Å². The molecular formula is C21H30N4O4. The average Bonchev–Trinajstić information content (AvgIpc) is 2.75. The van der Waals surface area contributed by atoms with E-state index in [0.29, 0.717) is 50.5 Å². The number of piperidine rings is 1. The lowest BCUT2D eigenvalue weighted by atomic mass is 10.1. The van der Waals surface area contributed by atoms with Gasteiger partial charge in [-0.25, -0.2) is 4.79 Å². The minimum Gasteiger partial charge on any atom is -0.496 e. The van der Waals surface area contributed by atoms with Gasteiger partial charge in [0.25, 0.3) is 5.91 Å². The van der Waals surface area contributed by atoms with Gasteiger partial charge in [-0.2, -0.15) is 0 Å². The fourth-order valence-electron chi connectivity index (χ4n) is 3.88. The van der Waals surface area contributed by atoms with E-state index in [1.165, 1.54) is 0 Å². The highest BCUT2D eigenvalue weighted by Crippen LogP contribution is 2.20. The Kier molecular flexibility index (Phi) is 6.61. The predicted octanol–water partition coefficient (Wildman–Crippen LogP) is 1.48. The number of hydrogen-bond donors (Lipinski definition) is 1. The number of nitrogens with one attached hydrogen (secondary N) is 1. The molecule has 158 valence electrons. The smallest absolute Gasteiger partial charge is 0.318 e. The summed E-state index contributed by atoms with van der Waals surface area (Å²) in [5, 5.41) is 2.88. The van der Waals surface area contributed by atoms with Crippen LogP contribution in [0, 0.1) is 6.92 Å². The van der Waals surface area contributed by atoms with Gasteiger partial charge in [0.1, 0.15) is 11.8 Å². The van der Waals surface area contributed by atoms with Gasteiger partial charge in [-0.15, -0.1) is 0 Å². The van der Waals surface area contributed by atoms with Crippen LogP contribution in [-0.4, -0.2) is 85.0 Å². The molecule has 29 heavy (non-hydrogen) atoms. The number of benzene rings is 1. The van der Waals surface area contributed by atoms with E-state index >= 15 is 0 Å². The first kappa shape index (κ1) is 21.0. The summed E-state index contributed by atoms with van der Waals surface area (Å²) in [5.41, 5.74) is 1.56. The van der Waals surface area contributed by atoms with Crippen LogP contribution in [0.5, 0.6) is 5.75 Å². The number of aryl methyl sites for hydroxylation is 1. The lowest BCUT2D eigenvalue weighted by molar-refractivity contribution is -0.135. The van der Waals surface area contributed by atoms with E-state index in [1.807, 2.05) is 19.9 Å². The summed E-state index contributed by atoms with van der Waals surface area (Å²) in [5.74, 6) is 0.616. The number of rotatable bonds is 4. The standard InChI is InChI=1S/C21H30N4O4/c1-4-23-9-5-6-17(20(23)27)22-21(28)25-12-10-24(11-13-25)19(26)16-8-7-15(2)18(14-16)29-3/h7-8,14,17H,4-6,9-13H2,1-3H3,(H,22,28). The van der Waals surface area contributed by atoms with Crippen molar-refractivity contribution in [2.24, 2.45) is 0 Å². The van der Waals surface area contributed by atoms with Crippen molar-refractivity contribution in [3.05, 3.63) is 29.3 Å². The van der Waals surface area contributed by atoms with E-state index in [-0.39, 0.29) is 17.8 Å². The summed E-state index contributed by atoms with van der Waals surface area (Å²) >= 11 is 0. The van der Waals surface area contributed by atoms with Crippen LogP contribution in [0.15, 0.2) is 18.2 Å². The first-order chi connectivity index (χ1) is 13.9. The molecule has 0 bridgehead atoms. The molecule has 0 radical (unpaired) electrons. The number of likely N-dealkylation sites (N-methyl/N-ethyl adjacent to an activating group) is 1. The lowest BCUT2D eigenvalue weighted by Crippen LogP contribution is -2.58. The van der Waals surface area contributed by atoms with Crippen LogP contribution in [0.25, 0.3) is 0 Å². The Bertz CT molecular complexity index is 774. The van der Waals surface area contributed by atoms with Gasteiger partial charge in [0, 0.05) is 44.8 Å². The number of piperazine rings is 1. The average molecular weight is 402 g/mol. The zero-order chi connectivity index (χ0) is 21.0. The zero-order valence-corrected chi connectivity index (χ0v) is 17.4. The molecule has 1 atom stereocenters. The van der Waals surface area contributed by atoms with E-state index in [9.17, 15) is 14.4 Å². The Morgan fingerprint density at radius 1 is 1.14 bits per heavy atom. The quantitative estimate of drug-likeness (QED) is 0.827. The summed E-state index contributed by atoms with van der Waals surface area (Å²) in [6.07, 6.45) is 1.57. The number of urea groups is 1. The zero-order valence-electron chi connectivity index (χ0n) is 17.4. The third kappa shape index (κ3) is 4.63. The van der Waals surface area contributed by atoms with Crippen LogP contribution in [-0.2, 0) is 4.79 Å². The van der Waals surface area contributed by atoms with Crippen LogP contribution in [0.1, 0.15) is 35.7 Å². The Morgan fingerprint density at radius 2 is 1.83 bits per heavy atom. The minimum atomic E-state index is -0.448. The highest BCUT2D eigenvalue weighted by atomic mass is 16.5. The second-order valence-electron chi connectivity index (χ2n) is 7.53. The van der Waals surface area contributed by atoms with E-state index in [4.69, 9.17) is 4.74 Å². The highest BCUT2D eigenvalue weighted by molar-refractivity contribution is 5.95. The molecule has 1 aromatic rings. The summed E-state index contributed by atoms with van der Waals surface area (Å²) < 4.78 is 5.31. The van der Waals surface area contributed by atoms with Crippen molar-refractivity contribution in [3.63, 3.8) is 0 Å². The maximum atomic E-state index is 12.8. The molecule has 0 aromatic heterocycles. The largest absolute Gasteiger partial charge is 0.496 e. The summed E-state index contributed by atoms with van der Waals surface area (Å²) in [6, 6.07) is 4.75. The van der Waals surface area contributed by atoms with Crippen molar-refractivity contribution in [3.8, 4) is 5.75 Å². The molecular weight excluding hydrogens is 372 g/mol. The molecule has 1 aromatic carbocycles. The molecule has 0 aliphatic carbocycles. The normalized spacial score (nSPS) is 19.9. The maximum absolute atomic E-state index is 12.8. The summed E-state index contributed by atoms with van der Waals surface area (Å²) in [7, 11) is 1.59. The molecule has 2 saturated heterocycles. The number of carbonyl (C=O) groups is 3. The van der Waals surface area contributed by atoms with E-state index in [2.05, 4.69) is 5.32 Å². The first-order valence-corrected chi connectivity index (χ1v) is 10.2. The monoisotopic (exact) mass is 402 g/mol. The minimum absolute atomic E-state index is 0.00534. The SMILES string of the molecule is CCN1CCCC(NC(=O)N2CCN(C(=O)c3ccc(C)c(OC)c3)CC2)C1=O. The maximum Gasteiger partial charge on any atom is 0.318 e. The number of amides is 4. The number of hydrogen-bond acceptors (Lipinski definition) is 4. The molecule has 8 heteroatoms. The van der Waals surface area contributed by atoms with Gasteiger partial charge in [0.05, 0.1) is 7.11 Å². The number of carbonyl (C=O) groups excluding carboxylic acids is 3. The van der Waals surface area contributed by atoms with Gasteiger partial charge in [-0.1, -0.05) is 6.07 Å². The topological polar surface area (TPSA) is 82.2 Å². The van der Waals surface area contributed by atoms with Crippen molar-refractivity contribution in [2.75, 3.05) is 46.4 Å². The van der Waals surface area contributed by atoms with Crippen molar-refractivity contribution in [1.29, 1.82) is 0 Å². The molecule has 4 amide bonds. The summed E-state index contributed by atoms with van der Waals surface area (Å²) in [6.45, 7) is 7.10. The molecule has 1 unspecified atom stereocenters. The molecule has 1 N–H and O–H groups in total. The van der Waals surface area contributed by atoms with Crippen LogP contribution in [0.2, 0.25) is 0 Å². The molecule has 2 fully saturated rings. The van der Waals surface area contributed by atoms with Crippen LogP contribution < -0.4 is 10.1 Å². The summed E-state index contributed by atoms with van der Waals surface area (Å²) in [4.78, 5) is 43.0. The van der Waals surface area contributed by atoms with Gasteiger partial charge in [-0.3, -0.25) is 9.59 Å². The highest BCUT2D eigenvalue weighted by Gasteiger charge is 2.31. The predicted molar refractivity (Wildman–Crippen MR) is 109 cm³/mol. The Labute approximate surface area is 171 Å². The molecule has 2 aliphatic heterocycles. The van der Waals surface area contributed by atoms with Gasteiger partial charge >= 0.3 is 6.03 Å². The molecule has 2 heterocycles. The van der Waals surface area contributed by atoms with Crippen molar-refractivity contribution >= 4 is 17.8 Å². The Hall–Kier alpha value is -2.77.